The van der Waals surface area contributed by atoms with Gasteiger partial charge in [0.2, 0.25) is 0 Å². The number of methoxy groups -OCH3 is 1. The molecule has 2 aromatic carbocycles. The molecule has 0 atom stereocenters. The molecule has 3 aromatic rings. The Morgan fingerprint density at radius 3 is 2.39 bits per heavy atom. The van der Waals surface area contributed by atoms with Crippen molar-refractivity contribution in [2.75, 3.05) is 19.0 Å². The molecule has 3 rings (SSSR count). The van der Waals surface area contributed by atoms with Crippen molar-refractivity contribution in [3.05, 3.63) is 59.8 Å². The molecule has 0 fully saturated rings. The minimum atomic E-state index is -4.64. The van der Waals surface area contributed by atoms with Crippen LogP contribution < -0.4 is 10.1 Å². The predicted molar refractivity (Wildman–Crippen MR) is 118 cm³/mol. The summed E-state index contributed by atoms with van der Waals surface area (Å²) in [6.07, 6.45) is 2.42. The van der Waals surface area contributed by atoms with Crippen molar-refractivity contribution in [2.24, 2.45) is 0 Å². The highest BCUT2D eigenvalue weighted by Gasteiger charge is 2.19. The molecule has 0 aliphatic rings. The fourth-order valence-electron chi connectivity index (χ4n) is 2.94. The summed E-state index contributed by atoms with van der Waals surface area (Å²) >= 11 is 0. The van der Waals surface area contributed by atoms with Crippen LogP contribution in [0, 0.1) is 0 Å². The summed E-state index contributed by atoms with van der Waals surface area (Å²) in [6.45, 7) is 4.19. The lowest BCUT2D eigenvalue weighted by Gasteiger charge is -2.17. The van der Waals surface area contributed by atoms with Gasteiger partial charge >= 0.3 is 13.8 Å². The van der Waals surface area contributed by atoms with Crippen molar-refractivity contribution >= 4 is 36.1 Å². The quantitative estimate of drug-likeness (QED) is 0.328. The Morgan fingerprint density at radius 1 is 1.10 bits per heavy atom. The van der Waals surface area contributed by atoms with Gasteiger partial charge in [-0.25, -0.2) is 9.36 Å². The molecule has 9 nitrogen and oxygen atoms in total. The van der Waals surface area contributed by atoms with Crippen molar-refractivity contribution in [2.45, 2.75) is 20.3 Å². The Bertz CT molecular complexity index is 1090. The van der Waals surface area contributed by atoms with Crippen LogP contribution in [0.2, 0.25) is 0 Å². The molecule has 166 valence electrons. The monoisotopic (exact) mass is 448 g/mol. The van der Waals surface area contributed by atoms with E-state index in [0.717, 1.165) is 23.1 Å². The van der Waals surface area contributed by atoms with Crippen molar-refractivity contribution in [1.82, 2.24) is 4.98 Å². The lowest BCUT2D eigenvalue weighted by atomic mass is 10.1. The molecule has 0 aliphatic carbocycles. The summed E-state index contributed by atoms with van der Waals surface area (Å²) in [7, 11) is -3.03. The smallest absolute Gasteiger partial charge is 0.466 e. The van der Waals surface area contributed by atoms with E-state index in [4.69, 9.17) is 28.7 Å². The standard InChI is InChI=1S/C21H22N2O3.H3O4P/c1-4-14-9-6-7-11-17(14)23-19-15-10-8-12-18(25-3)20(15)22-13-16(19)21(24)26-5-2;1-5(2,3)4/h6-13H,4-5H2,1-3H3,(H,22,23);(H3,1,2,3,4). The Balaban J connectivity index is 0.000000614. The number of hydrogen-bond donors (Lipinski definition) is 4. The van der Waals surface area contributed by atoms with Gasteiger partial charge in [-0.1, -0.05) is 37.3 Å². The van der Waals surface area contributed by atoms with E-state index in [9.17, 15) is 4.79 Å². The first-order valence-corrected chi connectivity index (χ1v) is 11.0. The molecule has 31 heavy (non-hydrogen) atoms. The number of ether oxygens (including phenoxy) is 2. The first kappa shape index (κ1) is 24.3. The minimum absolute atomic E-state index is 0.306. The number of hydrogen-bond acceptors (Lipinski definition) is 6. The summed E-state index contributed by atoms with van der Waals surface area (Å²) in [5.74, 6) is 0.255. The van der Waals surface area contributed by atoms with Gasteiger partial charge in [-0.3, -0.25) is 4.98 Å². The van der Waals surface area contributed by atoms with Crippen LogP contribution >= 0.6 is 7.82 Å². The molecule has 0 aliphatic heterocycles. The third-order valence-electron chi connectivity index (χ3n) is 4.23. The number of pyridine rings is 1. The van der Waals surface area contributed by atoms with Crippen molar-refractivity contribution in [3.63, 3.8) is 0 Å². The van der Waals surface area contributed by atoms with Crippen LogP contribution in [0.1, 0.15) is 29.8 Å². The SMILES string of the molecule is CCOC(=O)c1cnc2c(OC)cccc2c1Nc1ccccc1CC.O=P(O)(O)O. The van der Waals surface area contributed by atoms with Crippen LogP contribution in [0.4, 0.5) is 11.4 Å². The first-order chi connectivity index (χ1) is 14.7. The molecule has 0 unspecified atom stereocenters. The molecule has 0 radical (unpaired) electrons. The zero-order chi connectivity index (χ0) is 23.0. The topological polar surface area (TPSA) is 138 Å². The first-order valence-electron chi connectivity index (χ1n) is 9.45. The van der Waals surface area contributed by atoms with Crippen LogP contribution in [-0.2, 0) is 15.7 Å². The maximum Gasteiger partial charge on any atom is 0.466 e. The molecule has 10 heteroatoms. The molecule has 0 spiro atoms. The highest BCUT2D eigenvalue weighted by molar-refractivity contribution is 7.45. The molecular weight excluding hydrogens is 423 g/mol. The fraction of sp³-hybridized carbons (Fsp3) is 0.238. The van der Waals surface area contributed by atoms with E-state index in [1.807, 2.05) is 36.4 Å². The number of fused-ring (bicyclic) bond motifs is 1. The Hall–Kier alpha value is -2.97. The molecule has 0 bridgehead atoms. The summed E-state index contributed by atoms with van der Waals surface area (Å²) in [6, 6.07) is 13.7. The van der Waals surface area contributed by atoms with E-state index in [0.29, 0.717) is 29.1 Å². The second-order valence-corrected chi connectivity index (χ2v) is 7.30. The molecular formula is C21H25N2O7P. The van der Waals surface area contributed by atoms with E-state index in [1.54, 1.807) is 20.2 Å². The average molecular weight is 448 g/mol. The molecule has 0 amide bonds. The van der Waals surface area contributed by atoms with Gasteiger partial charge in [0.15, 0.2) is 0 Å². The van der Waals surface area contributed by atoms with E-state index >= 15 is 0 Å². The number of carbonyl (C=O) groups excluding carboxylic acids is 1. The second-order valence-electron chi connectivity index (χ2n) is 6.27. The van der Waals surface area contributed by atoms with Gasteiger partial charge < -0.3 is 29.5 Å². The molecule has 0 saturated carbocycles. The maximum atomic E-state index is 12.5. The highest BCUT2D eigenvalue weighted by Crippen LogP contribution is 2.34. The van der Waals surface area contributed by atoms with E-state index in [2.05, 4.69) is 23.3 Å². The number of nitrogens with one attached hydrogen (secondary N) is 1. The number of carbonyl (C=O) groups is 1. The maximum absolute atomic E-state index is 12.5. The van der Waals surface area contributed by atoms with Crippen molar-refractivity contribution in [1.29, 1.82) is 0 Å². The van der Waals surface area contributed by atoms with E-state index in [-0.39, 0.29) is 0 Å². The lowest BCUT2D eigenvalue weighted by Crippen LogP contribution is -2.10. The van der Waals surface area contributed by atoms with Gasteiger partial charge in [0, 0.05) is 17.3 Å². The second kappa shape index (κ2) is 10.9. The highest BCUT2D eigenvalue weighted by atomic mass is 31.2. The molecule has 1 heterocycles. The summed E-state index contributed by atoms with van der Waals surface area (Å²) in [4.78, 5) is 38.5. The van der Waals surface area contributed by atoms with E-state index in [1.165, 1.54) is 0 Å². The fourth-order valence-corrected chi connectivity index (χ4v) is 2.94. The molecule has 1 aromatic heterocycles. The zero-order valence-corrected chi connectivity index (χ0v) is 18.3. The largest absolute Gasteiger partial charge is 0.494 e. The number of aromatic nitrogens is 1. The van der Waals surface area contributed by atoms with Crippen molar-refractivity contribution < 1.29 is 33.5 Å². The van der Waals surface area contributed by atoms with Crippen LogP contribution in [0.3, 0.4) is 0 Å². The number of anilines is 2. The Labute approximate surface area is 179 Å². The van der Waals surface area contributed by atoms with Gasteiger partial charge in [-0.15, -0.1) is 0 Å². The number of aryl methyl sites for hydroxylation is 1. The number of nitrogens with zero attached hydrogens (tertiary/aromatic N) is 1. The normalized spacial score (nSPS) is 10.8. The number of benzene rings is 2. The number of rotatable bonds is 6. The van der Waals surface area contributed by atoms with Gasteiger partial charge in [0.05, 0.1) is 19.4 Å². The number of phosphoric acid groups is 1. The van der Waals surface area contributed by atoms with Gasteiger partial charge in [0.1, 0.15) is 16.8 Å². The Morgan fingerprint density at radius 2 is 1.77 bits per heavy atom. The lowest BCUT2D eigenvalue weighted by molar-refractivity contribution is 0.0527. The summed E-state index contributed by atoms with van der Waals surface area (Å²) in [5.41, 5.74) is 3.89. The minimum Gasteiger partial charge on any atom is -0.494 e. The summed E-state index contributed by atoms with van der Waals surface area (Å²) in [5, 5.41) is 4.24. The average Bonchev–Trinajstić information content (AvgIpc) is 2.72. The zero-order valence-electron chi connectivity index (χ0n) is 17.4. The predicted octanol–water partition coefficient (Wildman–Crippen LogP) is 3.80. The molecule has 4 N–H and O–H groups in total. The van der Waals surface area contributed by atoms with Crippen LogP contribution in [0.25, 0.3) is 10.9 Å². The Kier molecular flexibility index (Phi) is 8.53. The molecule has 0 saturated heterocycles. The number of para-hydroxylation sites is 2. The van der Waals surface area contributed by atoms with E-state index < -0.39 is 13.8 Å². The van der Waals surface area contributed by atoms with Crippen LogP contribution in [0.15, 0.2) is 48.7 Å². The van der Waals surface area contributed by atoms with Crippen LogP contribution in [-0.4, -0.2) is 39.4 Å². The van der Waals surface area contributed by atoms with Crippen LogP contribution in [0.5, 0.6) is 5.75 Å². The van der Waals surface area contributed by atoms with Gasteiger partial charge in [-0.05, 0) is 31.0 Å². The summed E-state index contributed by atoms with van der Waals surface area (Å²) < 4.78 is 19.5. The third kappa shape index (κ3) is 6.77. The van der Waals surface area contributed by atoms with Gasteiger partial charge in [0.25, 0.3) is 0 Å². The third-order valence-corrected chi connectivity index (χ3v) is 4.23. The van der Waals surface area contributed by atoms with Gasteiger partial charge in [-0.2, -0.15) is 0 Å². The van der Waals surface area contributed by atoms with Crippen molar-refractivity contribution in [3.8, 4) is 5.75 Å². The number of esters is 1.